The Bertz CT molecular complexity index is 60.9. The molecule has 2 unspecified atom stereocenters. The van der Waals surface area contributed by atoms with E-state index in [-0.39, 0.29) is 42.4 Å². The summed E-state index contributed by atoms with van der Waals surface area (Å²) >= 11 is 4.97. The van der Waals surface area contributed by atoms with Crippen LogP contribution in [0.3, 0.4) is 0 Å². The van der Waals surface area contributed by atoms with Crippen molar-refractivity contribution in [1.29, 1.82) is 0 Å². The first-order chi connectivity index (χ1) is 3.68. The molecule has 0 bridgehead atoms. The number of nitrogens with one attached hydrogen (secondary N) is 1. The summed E-state index contributed by atoms with van der Waals surface area (Å²) in [4.78, 5) is 0. The van der Waals surface area contributed by atoms with Gasteiger partial charge in [0, 0.05) is 31.1 Å². The van der Waals surface area contributed by atoms with Gasteiger partial charge < -0.3 is 23.7 Å². The zero-order valence-corrected chi connectivity index (χ0v) is 10.8. The maximum Gasteiger partial charge on any atom is 0 e. The van der Waals surface area contributed by atoms with E-state index in [9.17, 15) is 0 Å². The van der Waals surface area contributed by atoms with Gasteiger partial charge in [-0.1, -0.05) is 6.92 Å². The third-order valence-electron chi connectivity index (χ3n) is 0.992. The van der Waals surface area contributed by atoms with Crippen molar-refractivity contribution in [1.82, 2.24) is 5.32 Å². The maximum absolute atomic E-state index is 5.48. The molecule has 0 aliphatic rings. The molecule has 0 saturated carbocycles. The van der Waals surface area contributed by atoms with Gasteiger partial charge >= 0.3 is 0 Å². The smallest absolute Gasteiger partial charge is 0 e. The third-order valence-corrected chi connectivity index (χ3v) is 1.59. The maximum atomic E-state index is 5.48. The van der Waals surface area contributed by atoms with Crippen LogP contribution in [-0.4, -0.2) is 24.9 Å². The summed E-state index contributed by atoms with van der Waals surface area (Å²) in [6.07, 6.45) is 0. The van der Waals surface area contributed by atoms with Gasteiger partial charge in [-0.25, -0.2) is 0 Å². The van der Waals surface area contributed by atoms with Crippen LogP contribution in [0.2, 0.25) is 0 Å². The van der Waals surface area contributed by atoms with E-state index in [0.717, 1.165) is 6.54 Å². The van der Waals surface area contributed by atoms with Crippen LogP contribution in [0.4, 0.5) is 0 Å². The number of hydrogen-bond acceptors (Lipinski definition) is 3. The van der Waals surface area contributed by atoms with Crippen LogP contribution in [0, 0.1) is 31.1 Å². The molecule has 9 heavy (non-hydrogen) atoms. The van der Waals surface area contributed by atoms with Crippen molar-refractivity contribution >= 4 is 12.6 Å². The summed E-state index contributed by atoms with van der Waals surface area (Å²) in [5, 5.41) is 3.13. The molecule has 0 aromatic carbocycles. The fraction of sp³-hybridized carbons (Fsp3) is 1.00. The molecule has 2 atom stereocenters. The molecular formula is C5H13N2SU-. The standard InChI is InChI=1S/C5H14N2S.U/c1-4(6)5(8)3-7-2;/h4-5,7-8H,3,6H2,1-2H3;/p-1. The number of rotatable bonds is 3. The van der Waals surface area contributed by atoms with Crippen molar-refractivity contribution in [3.8, 4) is 0 Å². The average Bonchev–Trinajstić information content (AvgIpc) is 1.67. The molecule has 0 saturated heterocycles. The fourth-order valence-corrected chi connectivity index (χ4v) is 0.554. The summed E-state index contributed by atoms with van der Waals surface area (Å²) < 4.78 is 0. The molecule has 0 radical (unpaired) electrons. The second-order valence-corrected chi connectivity index (χ2v) is 2.56. The Morgan fingerprint density at radius 3 is 2.22 bits per heavy atom. The second-order valence-electron chi connectivity index (χ2n) is 1.96. The first kappa shape index (κ1) is 13.0. The molecule has 3 N–H and O–H groups in total. The van der Waals surface area contributed by atoms with Crippen molar-refractivity contribution < 1.29 is 31.1 Å². The fourth-order valence-electron chi connectivity index (χ4n) is 0.387. The molecule has 2 nitrogen and oxygen atoms in total. The van der Waals surface area contributed by atoms with E-state index in [2.05, 4.69) is 5.32 Å². The Labute approximate surface area is 86.1 Å². The van der Waals surface area contributed by atoms with Gasteiger partial charge in [-0.2, -0.15) is 0 Å². The van der Waals surface area contributed by atoms with Gasteiger partial charge in [0.1, 0.15) is 0 Å². The predicted molar refractivity (Wildman–Crippen MR) is 38.7 cm³/mol. The van der Waals surface area contributed by atoms with Crippen LogP contribution in [-0.2, 0) is 12.6 Å². The average molecular weight is 371 g/mol. The van der Waals surface area contributed by atoms with Crippen LogP contribution in [0.1, 0.15) is 6.92 Å². The van der Waals surface area contributed by atoms with E-state index < -0.39 is 0 Å². The van der Waals surface area contributed by atoms with Crippen LogP contribution >= 0.6 is 0 Å². The van der Waals surface area contributed by atoms with Gasteiger partial charge in [-0.05, 0) is 19.6 Å². The molecule has 4 heteroatoms. The van der Waals surface area contributed by atoms with Crippen molar-refractivity contribution in [3.63, 3.8) is 0 Å². The predicted octanol–water partition coefficient (Wildman–Crippen LogP) is -0.531. The van der Waals surface area contributed by atoms with Crippen molar-refractivity contribution in [2.45, 2.75) is 18.2 Å². The van der Waals surface area contributed by atoms with E-state index in [1.54, 1.807) is 0 Å². The molecule has 0 aliphatic heterocycles. The molecule has 0 fully saturated rings. The molecule has 0 aromatic heterocycles. The van der Waals surface area contributed by atoms with Gasteiger partial charge in [-0.3, -0.25) is 0 Å². The first-order valence-corrected chi connectivity index (χ1v) is 3.21. The van der Waals surface area contributed by atoms with Crippen molar-refractivity contribution in [3.05, 3.63) is 0 Å². The largest absolute Gasteiger partial charge is 0.787 e. The Kier molecular flexibility index (Phi) is 10.7. The van der Waals surface area contributed by atoms with Gasteiger partial charge in [-0.15, -0.1) is 5.25 Å². The van der Waals surface area contributed by atoms with E-state index in [1.165, 1.54) is 0 Å². The van der Waals surface area contributed by atoms with Gasteiger partial charge in [0.25, 0.3) is 0 Å². The zero-order chi connectivity index (χ0) is 6.57. The minimum atomic E-state index is 0. The number of hydrogen-bond donors (Lipinski definition) is 2. The summed E-state index contributed by atoms with van der Waals surface area (Å²) in [5.74, 6) is 0. The first-order valence-electron chi connectivity index (χ1n) is 2.74. The Morgan fingerprint density at radius 2 is 2.11 bits per heavy atom. The SMILES string of the molecule is CNCC([S-])C(C)N.[U]. The normalized spacial score (nSPS) is 16.0. The molecule has 0 aliphatic carbocycles. The summed E-state index contributed by atoms with van der Waals surface area (Å²) in [6, 6.07) is 0.123. The van der Waals surface area contributed by atoms with Crippen molar-refractivity contribution in [2.75, 3.05) is 13.6 Å². The summed E-state index contributed by atoms with van der Waals surface area (Å²) in [5.41, 5.74) is 5.48. The summed E-state index contributed by atoms with van der Waals surface area (Å²) in [7, 11) is 1.88. The molecule has 54 valence electrons. The van der Waals surface area contributed by atoms with Crippen LogP contribution < -0.4 is 11.1 Å². The van der Waals surface area contributed by atoms with Gasteiger partial charge in [0.15, 0.2) is 0 Å². The second kappa shape index (κ2) is 7.43. The topological polar surface area (TPSA) is 38.0 Å². The van der Waals surface area contributed by atoms with Gasteiger partial charge in [0.05, 0.1) is 0 Å². The molecule has 0 spiro atoms. The zero-order valence-electron chi connectivity index (χ0n) is 5.85. The Morgan fingerprint density at radius 1 is 1.67 bits per heavy atom. The molecule has 0 rings (SSSR count). The minimum Gasteiger partial charge on any atom is -0.787 e. The Balaban J connectivity index is 0. The van der Waals surface area contributed by atoms with E-state index in [0.29, 0.717) is 0 Å². The van der Waals surface area contributed by atoms with Crippen LogP contribution in [0.5, 0.6) is 0 Å². The minimum absolute atomic E-state index is 0. The van der Waals surface area contributed by atoms with E-state index in [4.69, 9.17) is 18.4 Å². The van der Waals surface area contributed by atoms with Crippen molar-refractivity contribution in [2.24, 2.45) is 5.73 Å². The Hall–Kier alpha value is 1.32. The molecule has 0 amide bonds. The number of nitrogens with two attached hydrogens (primary N) is 1. The van der Waals surface area contributed by atoms with E-state index in [1.807, 2.05) is 14.0 Å². The summed E-state index contributed by atoms with van der Waals surface area (Å²) in [6.45, 7) is 2.75. The van der Waals surface area contributed by atoms with Crippen LogP contribution in [0.25, 0.3) is 0 Å². The molecule has 0 aromatic rings. The quantitative estimate of drug-likeness (QED) is 0.656. The molecular weight excluding hydrogens is 358 g/mol. The monoisotopic (exact) mass is 371 g/mol. The molecule has 0 heterocycles. The van der Waals surface area contributed by atoms with E-state index >= 15 is 0 Å². The van der Waals surface area contributed by atoms with Gasteiger partial charge in [0.2, 0.25) is 0 Å². The third kappa shape index (κ3) is 7.22. The van der Waals surface area contributed by atoms with Crippen LogP contribution in [0.15, 0.2) is 0 Å².